The second kappa shape index (κ2) is 5.84. The van der Waals surface area contributed by atoms with Crippen molar-refractivity contribution in [3.8, 4) is 0 Å². The largest absolute Gasteiger partial charge is 0.383 e. The fraction of sp³-hybridized carbons (Fsp3) is 0.889. The summed E-state index contributed by atoms with van der Waals surface area (Å²) in [5, 5.41) is 0. The SMILES string of the molecule is COCCN(C(=O)CCl)[C@H]1CCS(=O)(=O)C1. The van der Waals surface area contributed by atoms with Gasteiger partial charge in [0.15, 0.2) is 9.84 Å². The predicted molar refractivity (Wildman–Crippen MR) is 61.4 cm³/mol. The van der Waals surface area contributed by atoms with Crippen LogP contribution in [0.2, 0.25) is 0 Å². The van der Waals surface area contributed by atoms with Crippen LogP contribution in [0.3, 0.4) is 0 Å². The van der Waals surface area contributed by atoms with Crippen molar-refractivity contribution in [2.45, 2.75) is 12.5 Å². The molecule has 16 heavy (non-hydrogen) atoms. The molecular formula is C9H16ClNO4S. The summed E-state index contributed by atoms with van der Waals surface area (Å²) in [6.07, 6.45) is 0.495. The highest BCUT2D eigenvalue weighted by Gasteiger charge is 2.33. The lowest BCUT2D eigenvalue weighted by Crippen LogP contribution is -2.43. The van der Waals surface area contributed by atoms with E-state index < -0.39 is 9.84 Å². The van der Waals surface area contributed by atoms with Crippen LogP contribution in [-0.4, -0.2) is 62.9 Å². The van der Waals surface area contributed by atoms with Crippen LogP contribution in [0.4, 0.5) is 0 Å². The summed E-state index contributed by atoms with van der Waals surface area (Å²) in [6, 6.07) is -0.244. The normalized spacial score (nSPS) is 23.2. The number of methoxy groups -OCH3 is 1. The Balaban J connectivity index is 2.66. The van der Waals surface area contributed by atoms with Crippen LogP contribution in [0, 0.1) is 0 Å². The molecule has 5 nitrogen and oxygen atoms in total. The quantitative estimate of drug-likeness (QED) is 0.653. The zero-order valence-electron chi connectivity index (χ0n) is 9.19. The van der Waals surface area contributed by atoms with Crippen molar-refractivity contribution in [2.24, 2.45) is 0 Å². The number of halogens is 1. The van der Waals surface area contributed by atoms with Crippen molar-refractivity contribution in [1.82, 2.24) is 4.90 Å². The molecule has 1 amide bonds. The molecule has 0 radical (unpaired) electrons. The van der Waals surface area contributed by atoms with Crippen LogP contribution >= 0.6 is 11.6 Å². The lowest BCUT2D eigenvalue weighted by Gasteiger charge is -2.27. The van der Waals surface area contributed by atoms with E-state index in [4.69, 9.17) is 16.3 Å². The number of hydrogen-bond donors (Lipinski definition) is 0. The molecule has 7 heteroatoms. The predicted octanol–water partition coefficient (Wildman–Crippen LogP) is -0.113. The lowest BCUT2D eigenvalue weighted by molar-refractivity contribution is -0.131. The number of carbonyl (C=O) groups excluding carboxylic acids is 1. The van der Waals surface area contributed by atoms with Crippen LogP contribution in [0.1, 0.15) is 6.42 Å². The molecule has 0 aromatic heterocycles. The van der Waals surface area contributed by atoms with Gasteiger partial charge in [-0.05, 0) is 6.42 Å². The number of rotatable bonds is 5. The molecule has 0 spiro atoms. The molecule has 0 aromatic rings. The van der Waals surface area contributed by atoms with Crippen LogP contribution < -0.4 is 0 Å². The van der Waals surface area contributed by atoms with Gasteiger partial charge >= 0.3 is 0 Å². The monoisotopic (exact) mass is 269 g/mol. The Hall–Kier alpha value is -0.330. The Morgan fingerprint density at radius 1 is 1.56 bits per heavy atom. The molecule has 0 aromatic carbocycles. The van der Waals surface area contributed by atoms with Gasteiger partial charge in [0, 0.05) is 19.7 Å². The molecule has 0 aliphatic carbocycles. The van der Waals surface area contributed by atoms with Gasteiger partial charge in [0.2, 0.25) is 5.91 Å². The maximum absolute atomic E-state index is 11.6. The van der Waals surface area contributed by atoms with E-state index in [1.807, 2.05) is 0 Å². The zero-order chi connectivity index (χ0) is 12.2. The molecule has 1 rings (SSSR count). The van der Waals surface area contributed by atoms with E-state index >= 15 is 0 Å². The van der Waals surface area contributed by atoms with Gasteiger partial charge in [0.05, 0.1) is 18.1 Å². The first-order valence-corrected chi connectivity index (χ1v) is 7.40. The molecule has 0 N–H and O–H groups in total. The number of alkyl halides is 1. The minimum Gasteiger partial charge on any atom is -0.383 e. The van der Waals surface area contributed by atoms with Crippen molar-refractivity contribution < 1.29 is 17.9 Å². The second-order valence-electron chi connectivity index (χ2n) is 3.77. The Kier molecular flexibility index (Phi) is 5.01. The number of carbonyl (C=O) groups is 1. The molecule has 1 fully saturated rings. The van der Waals surface area contributed by atoms with E-state index in [1.54, 1.807) is 0 Å². The van der Waals surface area contributed by atoms with Gasteiger partial charge in [-0.1, -0.05) is 0 Å². The van der Waals surface area contributed by atoms with Gasteiger partial charge in [-0.15, -0.1) is 11.6 Å². The standard InChI is InChI=1S/C9H16ClNO4S/c1-15-4-3-11(9(12)6-10)8-2-5-16(13,14)7-8/h8H,2-7H2,1H3/t8-/m0/s1. The van der Waals surface area contributed by atoms with Gasteiger partial charge in [0.1, 0.15) is 5.88 Å². The molecule has 1 heterocycles. The number of hydrogen-bond acceptors (Lipinski definition) is 4. The van der Waals surface area contributed by atoms with Crippen LogP contribution in [0.15, 0.2) is 0 Å². The molecular weight excluding hydrogens is 254 g/mol. The summed E-state index contributed by atoms with van der Waals surface area (Å²) < 4.78 is 27.5. The van der Waals surface area contributed by atoms with Crippen molar-refractivity contribution in [2.75, 3.05) is 37.6 Å². The summed E-state index contributed by atoms with van der Waals surface area (Å²) in [7, 11) is -1.45. The second-order valence-corrected chi connectivity index (χ2v) is 6.27. The Morgan fingerprint density at radius 2 is 2.25 bits per heavy atom. The summed E-state index contributed by atoms with van der Waals surface area (Å²) >= 11 is 5.49. The van der Waals surface area contributed by atoms with E-state index in [9.17, 15) is 13.2 Å². The van der Waals surface area contributed by atoms with Gasteiger partial charge < -0.3 is 9.64 Å². The first-order valence-electron chi connectivity index (χ1n) is 5.05. The zero-order valence-corrected chi connectivity index (χ0v) is 10.8. The Labute approximate surface area is 101 Å². The van der Waals surface area contributed by atoms with Crippen molar-refractivity contribution in [3.05, 3.63) is 0 Å². The van der Waals surface area contributed by atoms with Crippen LogP contribution in [0.5, 0.6) is 0 Å². The maximum atomic E-state index is 11.6. The molecule has 94 valence electrons. The fourth-order valence-electron chi connectivity index (χ4n) is 1.80. The first-order chi connectivity index (χ1) is 7.50. The van der Waals surface area contributed by atoms with Crippen LogP contribution in [0.25, 0.3) is 0 Å². The van der Waals surface area contributed by atoms with Gasteiger partial charge in [0.25, 0.3) is 0 Å². The van der Waals surface area contributed by atoms with E-state index in [0.717, 1.165) is 0 Å². The highest BCUT2D eigenvalue weighted by molar-refractivity contribution is 7.91. The highest BCUT2D eigenvalue weighted by atomic mass is 35.5. The third-order valence-electron chi connectivity index (χ3n) is 2.62. The first kappa shape index (κ1) is 13.7. The number of amides is 1. The molecule has 1 aliphatic rings. The molecule has 0 unspecified atom stereocenters. The third kappa shape index (κ3) is 3.61. The molecule has 1 aliphatic heterocycles. The summed E-state index contributed by atoms with van der Waals surface area (Å²) in [4.78, 5) is 13.1. The number of ether oxygens (including phenoxy) is 1. The van der Waals surface area contributed by atoms with Crippen LogP contribution in [-0.2, 0) is 19.4 Å². The molecule has 0 saturated carbocycles. The van der Waals surface area contributed by atoms with Gasteiger partial charge in [-0.2, -0.15) is 0 Å². The summed E-state index contributed by atoms with van der Waals surface area (Å²) in [5.74, 6) is -0.170. The van der Waals surface area contributed by atoms with E-state index in [2.05, 4.69) is 0 Å². The average Bonchev–Trinajstić information content (AvgIpc) is 2.59. The molecule has 1 saturated heterocycles. The lowest BCUT2D eigenvalue weighted by atomic mass is 10.2. The molecule has 0 bridgehead atoms. The van der Waals surface area contributed by atoms with E-state index in [1.165, 1.54) is 12.0 Å². The minimum absolute atomic E-state index is 0.0410. The molecule has 1 atom stereocenters. The summed E-state index contributed by atoms with van der Waals surface area (Å²) in [5.41, 5.74) is 0. The van der Waals surface area contributed by atoms with E-state index in [0.29, 0.717) is 19.6 Å². The topological polar surface area (TPSA) is 63.7 Å². The van der Waals surface area contributed by atoms with Gasteiger partial charge in [-0.25, -0.2) is 8.42 Å². The third-order valence-corrected chi connectivity index (χ3v) is 4.60. The van der Waals surface area contributed by atoms with Crippen molar-refractivity contribution in [1.29, 1.82) is 0 Å². The smallest absolute Gasteiger partial charge is 0.237 e. The Morgan fingerprint density at radius 3 is 2.69 bits per heavy atom. The number of nitrogens with zero attached hydrogens (tertiary/aromatic N) is 1. The highest BCUT2D eigenvalue weighted by Crippen LogP contribution is 2.18. The van der Waals surface area contributed by atoms with E-state index in [-0.39, 0.29) is 29.3 Å². The number of sulfone groups is 1. The van der Waals surface area contributed by atoms with Gasteiger partial charge in [-0.3, -0.25) is 4.79 Å². The minimum atomic E-state index is -2.99. The fourth-order valence-corrected chi connectivity index (χ4v) is 3.68. The maximum Gasteiger partial charge on any atom is 0.237 e. The Bertz CT molecular complexity index is 343. The summed E-state index contributed by atoms with van der Waals surface area (Å²) in [6.45, 7) is 0.779. The van der Waals surface area contributed by atoms with Crippen molar-refractivity contribution in [3.63, 3.8) is 0 Å². The van der Waals surface area contributed by atoms with Crippen molar-refractivity contribution >= 4 is 27.3 Å². The average molecular weight is 270 g/mol.